The number of halogens is 3. The zero-order chi connectivity index (χ0) is 23.4. The molecular formula is C24H17F3N6O. The van der Waals surface area contributed by atoms with E-state index in [0.29, 0.717) is 5.65 Å². The fraction of sp³-hybridized carbons (Fsp3) is 0.167. The molecule has 1 amide bonds. The normalized spacial score (nSPS) is 16.2. The van der Waals surface area contributed by atoms with Crippen molar-refractivity contribution in [2.24, 2.45) is 0 Å². The Bertz CT molecular complexity index is 1550. The van der Waals surface area contributed by atoms with Gasteiger partial charge in [0.2, 0.25) is 0 Å². The van der Waals surface area contributed by atoms with E-state index in [1.165, 1.54) is 17.2 Å². The SMILES string of the molecule is O=C(c1cc2nccc(-c3ccc4ccccc4c3)n2n1)N1CCC(C(F)(F)F)n2nccc21. The number of aromatic nitrogens is 5. The van der Waals surface area contributed by atoms with Crippen LogP contribution in [-0.2, 0) is 0 Å². The molecule has 0 radical (unpaired) electrons. The van der Waals surface area contributed by atoms with E-state index in [2.05, 4.69) is 15.2 Å². The van der Waals surface area contributed by atoms with E-state index in [1.807, 2.05) is 48.5 Å². The first-order chi connectivity index (χ1) is 16.4. The predicted molar refractivity (Wildman–Crippen MR) is 120 cm³/mol. The smallest absolute Gasteiger partial charge is 0.291 e. The molecular weight excluding hydrogens is 445 g/mol. The quantitative estimate of drug-likeness (QED) is 0.374. The van der Waals surface area contributed by atoms with Gasteiger partial charge in [-0.25, -0.2) is 14.2 Å². The van der Waals surface area contributed by atoms with Crippen LogP contribution < -0.4 is 4.90 Å². The maximum absolute atomic E-state index is 13.4. The number of nitrogens with zero attached hydrogens (tertiary/aromatic N) is 6. The number of rotatable bonds is 2. The Morgan fingerprint density at radius 1 is 0.971 bits per heavy atom. The highest BCUT2D eigenvalue weighted by molar-refractivity contribution is 6.05. The minimum atomic E-state index is -4.45. The lowest BCUT2D eigenvalue weighted by atomic mass is 10.1. The number of hydrogen-bond acceptors (Lipinski definition) is 4. The van der Waals surface area contributed by atoms with E-state index >= 15 is 0 Å². The maximum Gasteiger partial charge on any atom is 0.410 e. The van der Waals surface area contributed by atoms with Crippen molar-refractivity contribution in [3.8, 4) is 11.3 Å². The Morgan fingerprint density at radius 2 is 1.79 bits per heavy atom. The molecule has 3 aromatic heterocycles. The molecule has 0 N–H and O–H groups in total. The molecule has 7 nitrogen and oxygen atoms in total. The van der Waals surface area contributed by atoms with Gasteiger partial charge in [-0.2, -0.15) is 23.4 Å². The summed E-state index contributed by atoms with van der Waals surface area (Å²) in [5.74, 6) is -0.407. The van der Waals surface area contributed by atoms with E-state index in [9.17, 15) is 18.0 Å². The van der Waals surface area contributed by atoms with Gasteiger partial charge in [0.05, 0.1) is 11.9 Å². The van der Waals surface area contributed by atoms with Gasteiger partial charge in [0.15, 0.2) is 17.4 Å². The minimum absolute atomic E-state index is 0.0897. The summed E-state index contributed by atoms with van der Waals surface area (Å²) in [6.45, 7) is -0.0897. The Kier molecular flexibility index (Phi) is 4.44. The van der Waals surface area contributed by atoms with Crippen LogP contribution in [0.5, 0.6) is 0 Å². The summed E-state index contributed by atoms with van der Waals surface area (Å²) in [6, 6.07) is 17.0. The molecule has 0 bridgehead atoms. The van der Waals surface area contributed by atoms with Gasteiger partial charge in [0.25, 0.3) is 5.91 Å². The van der Waals surface area contributed by atoms with Gasteiger partial charge in [0, 0.05) is 30.4 Å². The summed E-state index contributed by atoms with van der Waals surface area (Å²) < 4.78 is 42.6. The molecule has 0 saturated heterocycles. The Labute approximate surface area is 191 Å². The second-order valence-electron chi connectivity index (χ2n) is 8.13. The average molecular weight is 462 g/mol. The largest absolute Gasteiger partial charge is 0.410 e. The van der Waals surface area contributed by atoms with Crippen LogP contribution in [0.15, 0.2) is 73.1 Å². The van der Waals surface area contributed by atoms with Crippen molar-refractivity contribution in [2.45, 2.75) is 18.6 Å². The number of carbonyl (C=O) groups is 1. The number of amides is 1. The lowest BCUT2D eigenvalue weighted by molar-refractivity contribution is -0.172. The van der Waals surface area contributed by atoms with E-state index in [-0.39, 0.29) is 24.5 Å². The van der Waals surface area contributed by atoms with Crippen molar-refractivity contribution in [3.05, 3.63) is 78.8 Å². The van der Waals surface area contributed by atoms with Gasteiger partial charge in [-0.15, -0.1) is 0 Å². The third-order valence-electron chi connectivity index (χ3n) is 6.09. The molecule has 1 unspecified atom stereocenters. The Morgan fingerprint density at radius 3 is 2.62 bits per heavy atom. The number of carbonyl (C=O) groups excluding carboxylic acids is 1. The lowest BCUT2D eigenvalue weighted by Crippen LogP contribution is -2.43. The second kappa shape index (κ2) is 7.41. The summed E-state index contributed by atoms with van der Waals surface area (Å²) in [5.41, 5.74) is 2.21. The summed E-state index contributed by atoms with van der Waals surface area (Å²) in [5, 5.41) is 10.5. The second-order valence-corrected chi connectivity index (χ2v) is 8.13. The Balaban J connectivity index is 1.39. The van der Waals surface area contributed by atoms with E-state index < -0.39 is 18.1 Å². The van der Waals surface area contributed by atoms with Crippen molar-refractivity contribution in [2.75, 3.05) is 11.4 Å². The molecule has 170 valence electrons. The number of benzene rings is 2. The third-order valence-corrected chi connectivity index (χ3v) is 6.09. The molecule has 1 aliphatic heterocycles. The highest BCUT2D eigenvalue weighted by Crippen LogP contribution is 2.39. The number of fused-ring (bicyclic) bond motifs is 3. The van der Waals surface area contributed by atoms with Crippen LogP contribution in [0.2, 0.25) is 0 Å². The molecule has 6 rings (SSSR count). The summed E-state index contributed by atoms with van der Waals surface area (Å²) >= 11 is 0. The van der Waals surface area contributed by atoms with Crippen LogP contribution in [0.3, 0.4) is 0 Å². The fourth-order valence-corrected chi connectivity index (χ4v) is 4.46. The first kappa shape index (κ1) is 20.4. The average Bonchev–Trinajstić information content (AvgIpc) is 3.49. The molecule has 34 heavy (non-hydrogen) atoms. The van der Waals surface area contributed by atoms with E-state index in [0.717, 1.165) is 26.7 Å². The van der Waals surface area contributed by atoms with Gasteiger partial charge < -0.3 is 0 Å². The molecule has 5 aromatic rings. The molecule has 1 aliphatic rings. The standard InChI is InChI=1S/C24H17F3N6O/c25-24(26,27)20-9-12-31(22-8-11-29-33(20)22)23(34)18-14-21-28-10-7-19(32(21)30-18)17-6-5-15-3-1-2-4-16(15)13-17/h1-8,10-11,13-14,20H,9,12H2. The van der Waals surface area contributed by atoms with Crippen LogP contribution in [0.1, 0.15) is 23.0 Å². The van der Waals surface area contributed by atoms with Crippen LogP contribution in [0.4, 0.5) is 19.0 Å². The van der Waals surface area contributed by atoms with Gasteiger partial charge in [-0.1, -0.05) is 36.4 Å². The molecule has 1 atom stereocenters. The minimum Gasteiger partial charge on any atom is -0.291 e. The zero-order valence-electron chi connectivity index (χ0n) is 17.6. The summed E-state index contributed by atoms with van der Waals surface area (Å²) in [4.78, 5) is 18.9. The molecule has 0 spiro atoms. The van der Waals surface area contributed by atoms with Gasteiger partial charge >= 0.3 is 6.18 Å². The maximum atomic E-state index is 13.4. The summed E-state index contributed by atoms with van der Waals surface area (Å²) in [6.07, 6.45) is -1.82. The van der Waals surface area contributed by atoms with Gasteiger partial charge in [0.1, 0.15) is 5.82 Å². The topological polar surface area (TPSA) is 68.3 Å². The van der Waals surface area contributed by atoms with Crippen molar-refractivity contribution < 1.29 is 18.0 Å². The van der Waals surface area contributed by atoms with Gasteiger partial charge in [-0.05, 0) is 29.3 Å². The summed E-state index contributed by atoms with van der Waals surface area (Å²) in [7, 11) is 0. The zero-order valence-corrected chi connectivity index (χ0v) is 17.6. The van der Waals surface area contributed by atoms with Crippen molar-refractivity contribution in [3.63, 3.8) is 0 Å². The van der Waals surface area contributed by atoms with Crippen molar-refractivity contribution in [1.29, 1.82) is 0 Å². The molecule has 10 heteroatoms. The predicted octanol–water partition coefficient (Wildman–Crippen LogP) is 4.90. The lowest BCUT2D eigenvalue weighted by Gasteiger charge is -2.33. The van der Waals surface area contributed by atoms with E-state index in [1.54, 1.807) is 16.8 Å². The number of anilines is 1. The molecule has 0 fully saturated rings. The van der Waals surface area contributed by atoms with Crippen LogP contribution in [-0.4, -0.2) is 43.0 Å². The fourth-order valence-electron chi connectivity index (χ4n) is 4.46. The van der Waals surface area contributed by atoms with Crippen LogP contribution >= 0.6 is 0 Å². The third kappa shape index (κ3) is 3.21. The molecule has 0 saturated carbocycles. The molecule has 0 aliphatic carbocycles. The first-order valence-corrected chi connectivity index (χ1v) is 10.7. The Hall–Kier alpha value is -4.21. The molecule has 2 aromatic carbocycles. The number of hydrogen-bond donors (Lipinski definition) is 0. The molecule has 4 heterocycles. The highest BCUT2D eigenvalue weighted by atomic mass is 19.4. The first-order valence-electron chi connectivity index (χ1n) is 10.7. The number of alkyl halides is 3. The highest BCUT2D eigenvalue weighted by Gasteiger charge is 2.46. The van der Waals surface area contributed by atoms with Crippen LogP contribution in [0, 0.1) is 0 Å². The van der Waals surface area contributed by atoms with E-state index in [4.69, 9.17) is 0 Å². The van der Waals surface area contributed by atoms with Crippen LogP contribution in [0.25, 0.3) is 27.7 Å². The monoisotopic (exact) mass is 462 g/mol. The van der Waals surface area contributed by atoms with Crippen molar-refractivity contribution >= 4 is 28.1 Å². The van der Waals surface area contributed by atoms with Gasteiger partial charge in [-0.3, -0.25) is 9.69 Å². The van der Waals surface area contributed by atoms with Crippen molar-refractivity contribution in [1.82, 2.24) is 24.4 Å².